The zero-order valence-corrected chi connectivity index (χ0v) is 55.4. The maximum absolute atomic E-state index is 12.8. The number of hydrogen-bond acceptors (Lipinski definition) is 12. The monoisotopic (exact) mass is 1160 g/mol. The number of rotatable bonds is 7. The second-order valence-corrected chi connectivity index (χ2v) is 31.0. The van der Waals surface area contributed by atoms with E-state index in [1.54, 1.807) is 0 Å². The van der Waals surface area contributed by atoms with Gasteiger partial charge in [-0.05, 0) is 188 Å². The molecule has 0 bridgehead atoms. The molecule has 0 N–H and O–H groups in total. The number of β-lactam (4-membered cyclic amide) rings is 3. The second-order valence-electron chi connectivity index (χ2n) is 31.0. The molecule has 474 valence electrons. The van der Waals surface area contributed by atoms with Crippen LogP contribution >= 0.6 is 0 Å². The van der Waals surface area contributed by atoms with Crippen molar-refractivity contribution in [1.82, 2.24) is 49.0 Å². The molecule has 0 aromatic heterocycles. The van der Waals surface area contributed by atoms with Gasteiger partial charge in [0.15, 0.2) is 0 Å². The highest BCUT2D eigenvalue weighted by atomic mass is 19.3. The van der Waals surface area contributed by atoms with Gasteiger partial charge >= 0.3 is 5.97 Å². The molecule has 17 heteroatoms. The number of halogens is 2. The molecule has 15 nitrogen and oxygen atoms in total. The van der Waals surface area contributed by atoms with E-state index in [4.69, 9.17) is 4.74 Å². The number of nitrogens with zero attached hydrogens (tertiary/aromatic N) is 10. The largest absolute Gasteiger partial charge is 0.468 e. The highest BCUT2D eigenvalue weighted by molar-refractivity contribution is 5.84. The van der Waals surface area contributed by atoms with Gasteiger partial charge in [-0.1, -0.05) is 6.92 Å². The molecule has 10 saturated heterocycles. The number of carbonyl (C=O) groups excluding carboxylic acids is 4. The number of alkyl halides is 2. The lowest BCUT2D eigenvalue weighted by molar-refractivity contribution is -0.155. The quantitative estimate of drug-likeness (QED) is 0.179. The molecule has 3 unspecified atom stereocenters. The predicted octanol–water partition coefficient (Wildman–Crippen LogP) is 9.31. The van der Waals surface area contributed by atoms with E-state index in [1.807, 2.05) is 4.90 Å². The minimum atomic E-state index is -2.42. The zero-order valence-electron chi connectivity index (χ0n) is 55.4. The van der Waals surface area contributed by atoms with Crippen molar-refractivity contribution in [2.75, 3.05) is 98.7 Å². The average Bonchev–Trinajstić information content (AvgIpc) is 3.42. The van der Waals surface area contributed by atoms with Crippen LogP contribution in [0.5, 0.6) is 0 Å². The molecular weight excluding hydrogens is 1040 g/mol. The molecule has 3 amide bonds. The van der Waals surface area contributed by atoms with Crippen molar-refractivity contribution in [3.8, 4) is 0 Å². The Kier molecular flexibility index (Phi) is 23.5. The maximum atomic E-state index is 12.8. The van der Waals surface area contributed by atoms with Crippen LogP contribution in [0.2, 0.25) is 0 Å². The van der Waals surface area contributed by atoms with Crippen LogP contribution < -0.4 is 0 Å². The lowest BCUT2D eigenvalue weighted by Crippen LogP contribution is -2.62. The summed E-state index contributed by atoms with van der Waals surface area (Å²) >= 11 is 0. The molecule has 0 aromatic carbocycles. The molecule has 0 saturated carbocycles. The number of piperidine rings is 5. The fourth-order valence-corrected chi connectivity index (χ4v) is 14.5. The van der Waals surface area contributed by atoms with E-state index >= 15 is 0 Å². The van der Waals surface area contributed by atoms with Crippen LogP contribution in [0.4, 0.5) is 8.78 Å². The van der Waals surface area contributed by atoms with E-state index in [1.165, 1.54) is 20.0 Å². The summed E-state index contributed by atoms with van der Waals surface area (Å²) in [6.45, 7) is 51.4. The Labute approximate surface area is 498 Å². The summed E-state index contributed by atoms with van der Waals surface area (Å²) in [6, 6.07) is 3.56. The summed E-state index contributed by atoms with van der Waals surface area (Å²) in [5, 5.41) is 0. The van der Waals surface area contributed by atoms with Crippen LogP contribution in [0.25, 0.3) is 0 Å². The van der Waals surface area contributed by atoms with Crippen molar-refractivity contribution >= 4 is 23.7 Å². The van der Waals surface area contributed by atoms with Crippen LogP contribution in [-0.4, -0.2) is 253 Å². The van der Waals surface area contributed by atoms with Crippen LogP contribution in [-0.2, 0) is 23.9 Å². The van der Waals surface area contributed by atoms with Gasteiger partial charge in [-0.15, -0.1) is 0 Å². The molecule has 0 aliphatic carbocycles. The highest BCUT2D eigenvalue weighted by Gasteiger charge is 2.48. The SMILES string of the molecule is CC(C)(C)N1CCC(N2CC(F)(F)C2)CC1.CC(C)(C)N1CCC(N2CCC2=O)CC1.CC1CC(=O)N1C1CCN(C(C)(C)C)CC1.CCC1CC(=O)N1C1CCN(C(C)(C)C)CC1.COC(=O)C1CCN1C1CCN(C(C)(C)C)CC1. The molecule has 10 aliphatic rings. The molecule has 10 fully saturated rings. The molecule has 10 aliphatic heterocycles. The van der Waals surface area contributed by atoms with E-state index in [0.29, 0.717) is 60.0 Å². The fourth-order valence-electron chi connectivity index (χ4n) is 14.5. The first kappa shape index (κ1) is 68.6. The van der Waals surface area contributed by atoms with Gasteiger partial charge in [-0.3, -0.25) is 53.5 Å². The van der Waals surface area contributed by atoms with Crippen molar-refractivity contribution in [2.45, 2.75) is 296 Å². The van der Waals surface area contributed by atoms with E-state index in [-0.39, 0.29) is 52.8 Å². The van der Waals surface area contributed by atoms with Crippen molar-refractivity contribution < 1.29 is 32.7 Å². The summed E-state index contributed by atoms with van der Waals surface area (Å²) < 4.78 is 30.4. The van der Waals surface area contributed by atoms with Crippen molar-refractivity contribution in [3.63, 3.8) is 0 Å². The first-order valence-electron chi connectivity index (χ1n) is 32.6. The number of methoxy groups -OCH3 is 1. The van der Waals surface area contributed by atoms with Gasteiger partial charge < -0.3 is 19.4 Å². The number of hydrogen-bond donors (Lipinski definition) is 0. The number of esters is 1. The van der Waals surface area contributed by atoms with Crippen LogP contribution in [0.3, 0.4) is 0 Å². The minimum absolute atomic E-state index is 0.0207. The second kappa shape index (κ2) is 28.1. The van der Waals surface area contributed by atoms with Gasteiger partial charge in [0.2, 0.25) is 17.7 Å². The van der Waals surface area contributed by atoms with Gasteiger partial charge in [-0.2, -0.15) is 0 Å². The van der Waals surface area contributed by atoms with E-state index in [2.05, 4.69) is 162 Å². The Bertz CT molecular complexity index is 2030. The Morgan fingerprint density at radius 2 is 0.829 bits per heavy atom. The average molecular weight is 1160 g/mol. The summed E-state index contributed by atoms with van der Waals surface area (Å²) in [6.07, 6.45) is 15.7. The van der Waals surface area contributed by atoms with Crippen molar-refractivity contribution in [3.05, 3.63) is 0 Å². The van der Waals surface area contributed by atoms with Gasteiger partial charge in [0.1, 0.15) is 6.04 Å². The van der Waals surface area contributed by atoms with E-state index in [9.17, 15) is 28.0 Å². The molecule has 10 heterocycles. The number of carbonyl (C=O) groups is 4. The minimum Gasteiger partial charge on any atom is -0.468 e. The number of likely N-dealkylation sites (tertiary alicyclic amines) is 10. The van der Waals surface area contributed by atoms with E-state index < -0.39 is 5.92 Å². The molecule has 3 atom stereocenters. The Balaban J connectivity index is 0.000000165. The Hall–Kier alpha value is -2.54. The third-order valence-electron chi connectivity index (χ3n) is 20.4. The van der Waals surface area contributed by atoms with Crippen LogP contribution in [0.15, 0.2) is 0 Å². The molecule has 10 rings (SSSR count). The lowest BCUT2D eigenvalue weighted by atomic mass is 9.90. The predicted molar refractivity (Wildman–Crippen MR) is 328 cm³/mol. The van der Waals surface area contributed by atoms with E-state index in [0.717, 1.165) is 162 Å². The molecular formula is C65H120F2N10O5. The van der Waals surface area contributed by atoms with Gasteiger partial charge in [0.25, 0.3) is 5.92 Å². The topological polar surface area (TPSA) is 110 Å². The van der Waals surface area contributed by atoms with Crippen LogP contribution in [0.1, 0.15) is 214 Å². The summed E-state index contributed by atoms with van der Waals surface area (Å²) in [5.74, 6) is -1.36. The molecule has 0 aromatic rings. The normalized spacial score (nSPS) is 28.1. The smallest absolute Gasteiger partial charge is 0.323 e. The Morgan fingerprint density at radius 1 is 0.476 bits per heavy atom. The van der Waals surface area contributed by atoms with Crippen LogP contribution in [0, 0.1) is 0 Å². The third-order valence-corrected chi connectivity index (χ3v) is 20.4. The number of amides is 3. The highest BCUT2D eigenvalue weighted by Crippen LogP contribution is 2.36. The van der Waals surface area contributed by atoms with Gasteiger partial charge in [-0.25, -0.2) is 8.78 Å². The first-order chi connectivity index (χ1) is 38.0. The third kappa shape index (κ3) is 18.3. The number of ether oxygens (including phenoxy) is 1. The standard InChI is InChI=1S/C14H26N2O2.C14H26N2O.C13H24N2O.C12H22F2N2.C12H22N2O/c1-14(2,3)15-8-5-11(6-9-15)16-10-7-12(16)13(17)18-4;1-5-11-10-13(17)16(11)12-6-8-15(9-7-12)14(2,3)4;1-10-9-12(16)15(10)11-5-7-14(8-6-11)13(2,3)4;1-11(2,3)16-6-4-10(5-7-16)15-8-12(13,14)9-15;1-12(2,3)13-7-4-10(5-8-13)14-9-6-11(14)15/h11-12H,5-10H2,1-4H3;11-12H,5-10H2,1-4H3;10-11H,5-9H2,1-4H3;10H,4-9H2,1-3H3;10H,4-9H2,1-3H3. The van der Waals surface area contributed by atoms with Gasteiger partial charge in [0, 0.05) is 168 Å². The van der Waals surface area contributed by atoms with Crippen molar-refractivity contribution in [1.29, 1.82) is 0 Å². The molecule has 0 radical (unpaired) electrons. The fraction of sp³-hybridized carbons (Fsp3) is 0.938. The Morgan fingerprint density at radius 3 is 1.10 bits per heavy atom. The first-order valence-corrected chi connectivity index (χ1v) is 32.6. The molecule has 0 spiro atoms. The van der Waals surface area contributed by atoms with Gasteiger partial charge in [0.05, 0.1) is 20.2 Å². The lowest BCUT2D eigenvalue weighted by Gasteiger charge is -2.50. The summed E-state index contributed by atoms with van der Waals surface area (Å²) in [7, 11) is 1.49. The summed E-state index contributed by atoms with van der Waals surface area (Å²) in [5.41, 5.74) is 1.30. The molecule has 82 heavy (non-hydrogen) atoms. The van der Waals surface area contributed by atoms with Crippen molar-refractivity contribution in [2.24, 2.45) is 0 Å². The zero-order chi connectivity index (χ0) is 60.9. The maximum Gasteiger partial charge on any atom is 0.323 e. The summed E-state index contributed by atoms with van der Waals surface area (Å²) in [4.78, 5) is 69.3.